The van der Waals surface area contributed by atoms with Gasteiger partial charge in [-0.3, -0.25) is 14.5 Å². The Morgan fingerprint density at radius 3 is 2.28 bits per heavy atom. The molecule has 0 spiro atoms. The van der Waals surface area contributed by atoms with E-state index in [0.717, 1.165) is 0 Å². The second-order valence-electron chi connectivity index (χ2n) is 7.57. The van der Waals surface area contributed by atoms with Gasteiger partial charge in [-0.2, -0.15) is 0 Å². The fraction of sp³-hybridized carbons (Fsp3) is 0.591. The third-order valence-corrected chi connectivity index (χ3v) is 5.24. The number of rotatable bonds is 8. The topological polar surface area (TPSA) is 76.2 Å². The summed E-state index contributed by atoms with van der Waals surface area (Å²) in [5.74, 6) is -0.741. The van der Waals surface area contributed by atoms with Gasteiger partial charge in [0.2, 0.25) is 5.91 Å². The van der Waals surface area contributed by atoms with Crippen LogP contribution in [0.5, 0.6) is 0 Å². The predicted octanol–water partition coefficient (Wildman–Crippen LogP) is 2.78. The van der Waals surface area contributed by atoms with E-state index < -0.39 is 11.5 Å². The highest BCUT2D eigenvalue weighted by atomic mass is 16.5. The van der Waals surface area contributed by atoms with Gasteiger partial charge in [0, 0.05) is 31.7 Å². The summed E-state index contributed by atoms with van der Waals surface area (Å²) in [4.78, 5) is 41.4. The van der Waals surface area contributed by atoms with Crippen molar-refractivity contribution in [2.75, 3.05) is 31.6 Å². The number of nitrogens with zero attached hydrogens (tertiary/aromatic N) is 2. The molecule has 1 heterocycles. The molecule has 1 amide bonds. The number of amides is 1. The number of likely N-dealkylation sites (tertiary alicyclic amines) is 1. The first kappa shape index (κ1) is 22.9. The molecule has 1 aromatic carbocycles. The Kier molecular flexibility index (Phi) is 8.20. The summed E-state index contributed by atoms with van der Waals surface area (Å²) in [7, 11) is 1.36. The molecular weight excluding hydrogens is 372 g/mol. The molecule has 0 unspecified atom stereocenters. The van der Waals surface area contributed by atoms with Crippen molar-refractivity contribution in [2.45, 2.75) is 58.1 Å². The molecule has 0 aromatic heterocycles. The van der Waals surface area contributed by atoms with Crippen LogP contribution in [0, 0.1) is 0 Å². The lowest BCUT2D eigenvalue weighted by Crippen LogP contribution is -2.62. The van der Waals surface area contributed by atoms with Crippen LogP contribution in [0.15, 0.2) is 30.3 Å². The van der Waals surface area contributed by atoms with Crippen molar-refractivity contribution in [3.05, 3.63) is 30.3 Å². The van der Waals surface area contributed by atoms with E-state index in [2.05, 4.69) is 4.90 Å². The highest BCUT2D eigenvalue weighted by molar-refractivity contribution is 6.02. The molecule has 0 N–H and O–H groups in total. The summed E-state index contributed by atoms with van der Waals surface area (Å²) in [6.45, 7) is 7.18. The van der Waals surface area contributed by atoms with Crippen LogP contribution in [0.3, 0.4) is 0 Å². The lowest BCUT2D eigenvalue weighted by molar-refractivity contribution is -0.152. The van der Waals surface area contributed by atoms with Gasteiger partial charge in [-0.05, 0) is 38.8 Å². The molecule has 7 heteroatoms. The summed E-state index contributed by atoms with van der Waals surface area (Å²) >= 11 is 0. The predicted molar refractivity (Wildman–Crippen MR) is 110 cm³/mol. The second-order valence-corrected chi connectivity index (χ2v) is 7.57. The smallest absolute Gasteiger partial charge is 0.332 e. The molecule has 0 bridgehead atoms. The summed E-state index contributed by atoms with van der Waals surface area (Å²) in [5.41, 5.74) is -0.350. The zero-order valence-electron chi connectivity index (χ0n) is 17.8. The van der Waals surface area contributed by atoms with Crippen LogP contribution in [-0.2, 0) is 23.9 Å². The molecule has 2 rings (SSSR count). The van der Waals surface area contributed by atoms with Gasteiger partial charge < -0.3 is 14.4 Å². The number of piperidine rings is 1. The van der Waals surface area contributed by atoms with Crippen LogP contribution in [0.2, 0.25) is 0 Å². The first-order chi connectivity index (χ1) is 13.8. The highest BCUT2D eigenvalue weighted by Crippen LogP contribution is 2.35. The van der Waals surface area contributed by atoms with Crippen molar-refractivity contribution in [1.82, 2.24) is 4.90 Å². The number of benzene rings is 1. The van der Waals surface area contributed by atoms with Crippen molar-refractivity contribution >= 4 is 23.5 Å². The molecule has 160 valence electrons. The number of anilines is 1. The summed E-state index contributed by atoms with van der Waals surface area (Å²) in [5, 5.41) is 0. The molecular formula is C22H32N2O5. The molecule has 1 aliphatic heterocycles. The van der Waals surface area contributed by atoms with Gasteiger partial charge >= 0.3 is 11.9 Å². The van der Waals surface area contributed by atoms with Crippen LogP contribution in [0.25, 0.3) is 0 Å². The maximum Gasteiger partial charge on any atom is 0.332 e. The van der Waals surface area contributed by atoms with E-state index in [0.29, 0.717) is 51.0 Å². The average Bonchev–Trinajstić information content (AvgIpc) is 2.72. The Hall–Kier alpha value is -2.41. The number of methoxy groups -OCH3 is 1. The lowest BCUT2D eigenvalue weighted by Gasteiger charge is -2.46. The number of carbonyl (C=O) groups excluding carboxylic acids is 3. The zero-order valence-corrected chi connectivity index (χ0v) is 17.8. The molecule has 29 heavy (non-hydrogen) atoms. The Morgan fingerprint density at radius 1 is 1.14 bits per heavy atom. The fourth-order valence-corrected chi connectivity index (χ4v) is 3.79. The van der Waals surface area contributed by atoms with Crippen LogP contribution >= 0.6 is 0 Å². The van der Waals surface area contributed by atoms with E-state index in [1.54, 1.807) is 11.8 Å². The van der Waals surface area contributed by atoms with Crippen molar-refractivity contribution in [2.24, 2.45) is 0 Å². The van der Waals surface area contributed by atoms with Crippen LogP contribution in [0.4, 0.5) is 5.69 Å². The summed E-state index contributed by atoms with van der Waals surface area (Å²) < 4.78 is 10.3. The van der Waals surface area contributed by atoms with E-state index in [9.17, 15) is 14.4 Å². The van der Waals surface area contributed by atoms with E-state index >= 15 is 0 Å². The van der Waals surface area contributed by atoms with Gasteiger partial charge in [0.25, 0.3) is 0 Å². The maximum atomic E-state index is 12.9. The van der Waals surface area contributed by atoms with E-state index in [4.69, 9.17) is 9.47 Å². The van der Waals surface area contributed by atoms with Gasteiger partial charge in [-0.15, -0.1) is 0 Å². The lowest BCUT2D eigenvalue weighted by atomic mass is 9.84. The molecule has 1 fully saturated rings. The SMILES string of the molecule is CCC(=O)N(c1ccccc1)C1(C(=O)OC)CCN(CCC(=O)OC(C)C)CC1. The second kappa shape index (κ2) is 10.4. The Labute approximate surface area is 172 Å². The normalized spacial score (nSPS) is 16.3. The van der Waals surface area contributed by atoms with Gasteiger partial charge in [0.15, 0.2) is 0 Å². The van der Waals surface area contributed by atoms with Crippen molar-refractivity contribution in [3.63, 3.8) is 0 Å². The molecule has 1 aliphatic rings. The monoisotopic (exact) mass is 404 g/mol. The minimum Gasteiger partial charge on any atom is -0.467 e. The third kappa shape index (κ3) is 5.56. The molecule has 0 radical (unpaired) electrons. The molecule has 0 aliphatic carbocycles. The van der Waals surface area contributed by atoms with Gasteiger partial charge in [-0.25, -0.2) is 4.79 Å². The number of para-hydroxylation sites is 1. The van der Waals surface area contributed by atoms with Gasteiger partial charge in [0.05, 0.1) is 19.6 Å². The van der Waals surface area contributed by atoms with E-state index in [-0.39, 0.29) is 18.0 Å². The number of hydrogen-bond acceptors (Lipinski definition) is 6. The van der Waals surface area contributed by atoms with Crippen LogP contribution < -0.4 is 4.90 Å². The van der Waals surface area contributed by atoms with E-state index in [1.807, 2.05) is 44.2 Å². The quantitative estimate of drug-likeness (QED) is 0.620. The third-order valence-electron chi connectivity index (χ3n) is 5.24. The minimum atomic E-state index is -1.04. The first-order valence-corrected chi connectivity index (χ1v) is 10.2. The Balaban J connectivity index is 2.18. The van der Waals surface area contributed by atoms with Gasteiger partial charge in [0.1, 0.15) is 5.54 Å². The van der Waals surface area contributed by atoms with Crippen LogP contribution in [-0.4, -0.2) is 61.1 Å². The zero-order chi connectivity index (χ0) is 21.4. The average molecular weight is 405 g/mol. The molecule has 1 saturated heterocycles. The summed E-state index contributed by atoms with van der Waals surface area (Å²) in [6.07, 6.45) is 1.35. The first-order valence-electron chi connectivity index (χ1n) is 10.2. The number of ether oxygens (including phenoxy) is 2. The number of carbonyl (C=O) groups is 3. The molecule has 0 atom stereocenters. The minimum absolute atomic E-state index is 0.115. The molecule has 0 saturated carbocycles. The summed E-state index contributed by atoms with van der Waals surface area (Å²) in [6, 6.07) is 9.26. The van der Waals surface area contributed by atoms with Crippen molar-refractivity contribution in [1.29, 1.82) is 0 Å². The van der Waals surface area contributed by atoms with Crippen LogP contribution in [0.1, 0.15) is 46.5 Å². The maximum absolute atomic E-state index is 12.9. The molecule has 1 aromatic rings. The van der Waals surface area contributed by atoms with Crippen molar-refractivity contribution < 1.29 is 23.9 Å². The highest BCUT2D eigenvalue weighted by Gasteiger charge is 2.49. The fourth-order valence-electron chi connectivity index (χ4n) is 3.79. The van der Waals surface area contributed by atoms with Gasteiger partial charge in [-0.1, -0.05) is 25.1 Å². The largest absolute Gasteiger partial charge is 0.467 e. The number of esters is 2. The Morgan fingerprint density at radius 2 is 1.76 bits per heavy atom. The number of hydrogen-bond donors (Lipinski definition) is 0. The van der Waals surface area contributed by atoms with Crippen molar-refractivity contribution in [3.8, 4) is 0 Å². The Bertz CT molecular complexity index is 696. The molecule has 7 nitrogen and oxygen atoms in total. The van der Waals surface area contributed by atoms with E-state index in [1.165, 1.54) is 7.11 Å². The standard InChI is InChI=1S/C22H32N2O5/c1-5-19(25)24(18-9-7-6-8-10-18)22(21(27)28-4)12-15-23(16-13-22)14-11-20(26)29-17(2)3/h6-10,17H,5,11-16H2,1-4H3.